The summed E-state index contributed by atoms with van der Waals surface area (Å²) in [4.78, 5) is 25.5. The lowest BCUT2D eigenvalue weighted by molar-refractivity contribution is -0.274. The maximum absolute atomic E-state index is 12.5. The SMILES string of the molecule is N#Cc1cc(NC(=O)N2C[C@@H]3CCC[C@@]3(C(=O)O)C2)ccc1OC(F)(F)F. The second-order valence-corrected chi connectivity index (χ2v) is 6.73. The number of nitrogens with zero attached hydrogens (tertiary/aromatic N) is 2. The number of fused-ring (bicyclic) bond motifs is 1. The molecule has 10 heteroatoms. The van der Waals surface area contributed by atoms with Crippen molar-refractivity contribution in [1.82, 2.24) is 4.90 Å². The topological polar surface area (TPSA) is 103 Å². The average molecular weight is 383 g/mol. The first-order valence-electron chi connectivity index (χ1n) is 8.24. The van der Waals surface area contributed by atoms with E-state index in [1.54, 1.807) is 6.07 Å². The van der Waals surface area contributed by atoms with Crippen LogP contribution in [0.4, 0.5) is 23.7 Å². The van der Waals surface area contributed by atoms with E-state index in [0.29, 0.717) is 13.0 Å². The Balaban J connectivity index is 1.72. The first-order chi connectivity index (χ1) is 12.6. The zero-order chi connectivity index (χ0) is 19.8. The molecule has 2 fully saturated rings. The van der Waals surface area contributed by atoms with E-state index in [4.69, 9.17) is 5.26 Å². The number of carbonyl (C=O) groups is 2. The van der Waals surface area contributed by atoms with Crippen molar-refractivity contribution in [2.45, 2.75) is 25.6 Å². The molecule has 1 aliphatic heterocycles. The minimum atomic E-state index is -4.94. The van der Waals surface area contributed by atoms with E-state index >= 15 is 0 Å². The van der Waals surface area contributed by atoms with Gasteiger partial charge >= 0.3 is 18.4 Å². The fourth-order valence-corrected chi connectivity index (χ4v) is 3.90. The summed E-state index contributed by atoms with van der Waals surface area (Å²) >= 11 is 0. The van der Waals surface area contributed by atoms with E-state index in [-0.39, 0.29) is 23.7 Å². The highest BCUT2D eigenvalue weighted by atomic mass is 19.4. The van der Waals surface area contributed by atoms with Gasteiger partial charge in [0.25, 0.3) is 0 Å². The van der Waals surface area contributed by atoms with E-state index in [2.05, 4.69) is 10.1 Å². The first-order valence-corrected chi connectivity index (χ1v) is 8.24. The highest BCUT2D eigenvalue weighted by Gasteiger charge is 2.55. The number of amides is 2. The molecular weight excluding hydrogens is 367 g/mol. The lowest BCUT2D eigenvalue weighted by Gasteiger charge is -2.23. The van der Waals surface area contributed by atoms with Gasteiger partial charge in [0.05, 0.1) is 11.0 Å². The van der Waals surface area contributed by atoms with Crippen molar-refractivity contribution in [2.75, 3.05) is 18.4 Å². The molecule has 2 atom stereocenters. The summed E-state index contributed by atoms with van der Waals surface area (Å²) in [5.41, 5.74) is -1.20. The normalized spacial score (nSPS) is 24.2. The number of halogens is 3. The molecule has 144 valence electrons. The Morgan fingerprint density at radius 3 is 2.74 bits per heavy atom. The summed E-state index contributed by atoms with van der Waals surface area (Å²) in [5, 5.41) is 21.1. The van der Waals surface area contributed by atoms with Crippen molar-refractivity contribution in [3.05, 3.63) is 23.8 Å². The molecule has 3 rings (SSSR count). The minimum Gasteiger partial charge on any atom is -0.481 e. The Labute approximate surface area is 152 Å². The van der Waals surface area contributed by atoms with Crippen molar-refractivity contribution >= 4 is 17.7 Å². The highest BCUT2D eigenvalue weighted by Crippen LogP contribution is 2.49. The summed E-state index contributed by atoms with van der Waals surface area (Å²) in [6, 6.07) is 4.23. The van der Waals surface area contributed by atoms with Gasteiger partial charge in [-0.2, -0.15) is 5.26 Å². The van der Waals surface area contributed by atoms with Crippen molar-refractivity contribution in [3.63, 3.8) is 0 Å². The first kappa shape index (κ1) is 18.8. The molecule has 1 aromatic rings. The van der Waals surface area contributed by atoms with Crippen LogP contribution in [0.2, 0.25) is 0 Å². The predicted octanol–water partition coefficient (Wildman–Crippen LogP) is 3.18. The number of carboxylic acid groups (broad SMARTS) is 1. The van der Waals surface area contributed by atoms with E-state index in [1.165, 1.54) is 11.0 Å². The molecule has 0 spiro atoms. The number of ether oxygens (including phenoxy) is 1. The second-order valence-electron chi connectivity index (χ2n) is 6.73. The fourth-order valence-electron chi connectivity index (χ4n) is 3.90. The Bertz CT molecular complexity index is 821. The Hall–Kier alpha value is -2.96. The molecule has 0 unspecified atom stereocenters. The Kier molecular flexibility index (Phi) is 4.63. The van der Waals surface area contributed by atoms with Gasteiger partial charge in [-0.3, -0.25) is 4.79 Å². The Morgan fingerprint density at radius 1 is 1.41 bits per heavy atom. The smallest absolute Gasteiger partial charge is 0.481 e. The van der Waals surface area contributed by atoms with Crippen LogP contribution in [0.3, 0.4) is 0 Å². The molecule has 2 N–H and O–H groups in total. The van der Waals surface area contributed by atoms with Crippen LogP contribution in [0.25, 0.3) is 0 Å². The van der Waals surface area contributed by atoms with Gasteiger partial charge in [-0.1, -0.05) is 6.42 Å². The lowest BCUT2D eigenvalue weighted by atomic mass is 9.81. The predicted molar refractivity (Wildman–Crippen MR) is 85.8 cm³/mol. The summed E-state index contributed by atoms with van der Waals surface area (Å²) in [6.45, 7) is 0.387. The van der Waals surface area contributed by atoms with Gasteiger partial charge in [0.15, 0.2) is 0 Å². The lowest BCUT2D eigenvalue weighted by Crippen LogP contribution is -2.38. The number of nitriles is 1. The van der Waals surface area contributed by atoms with Crippen LogP contribution in [0, 0.1) is 22.7 Å². The third kappa shape index (κ3) is 3.63. The zero-order valence-electron chi connectivity index (χ0n) is 14.0. The number of aliphatic carboxylic acids is 1. The molecule has 27 heavy (non-hydrogen) atoms. The quantitative estimate of drug-likeness (QED) is 0.835. The van der Waals surface area contributed by atoms with E-state index in [9.17, 15) is 27.9 Å². The molecule has 1 aromatic carbocycles. The Morgan fingerprint density at radius 2 is 2.15 bits per heavy atom. The largest absolute Gasteiger partial charge is 0.573 e. The third-order valence-corrected chi connectivity index (χ3v) is 5.16. The van der Waals surface area contributed by atoms with Gasteiger partial charge in [-0.05, 0) is 37.0 Å². The number of rotatable bonds is 3. The number of anilines is 1. The number of benzene rings is 1. The van der Waals surface area contributed by atoms with E-state index in [1.807, 2.05) is 0 Å². The molecule has 0 radical (unpaired) electrons. The monoisotopic (exact) mass is 383 g/mol. The van der Waals surface area contributed by atoms with Gasteiger partial charge in [-0.25, -0.2) is 4.79 Å². The molecule has 1 heterocycles. The van der Waals surface area contributed by atoms with Crippen LogP contribution in [0.15, 0.2) is 18.2 Å². The standard InChI is InChI=1S/C17H16F3N3O4/c18-17(19,20)27-13-4-3-12(6-10(13)7-21)22-15(26)23-8-11-2-1-5-16(11,9-23)14(24)25/h3-4,6,11H,1-2,5,8-9H2,(H,22,26)(H,24,25)/t11-,16+/m0/s1. The highest BCUT2D eigenvalue weighted by molar-refractivity contribution is 5.91. The van der Waals surface area contributed by atoms with Crippen molar-refractivity contribution < 1.29 is 32.6 Å². The number of carbonyl (C=O) groups excluding carboxylic acids is 1. The number of hydrogen-bond donors (Lipinski definition) is 2. The maximum atomic E-state index is 12.5. The molecule has 0 aromatic heterocycles. The fraction of sp³-hybridized carbons (Fsp3) is 0.471. The average Bonchev–Trinajstić information content (AvgIpc) is 3.13. The van der Waals surface area contributed by atoms with E-state index < -0.39 is 29.5 Å². The number of alkyl halides is 3. The number of likely N-dealkylation sites (tertiary alicyclic amines) is 1. The molecule has 1 saturated carbocycles. The van der Waals surface area contributed by atoms with Crippen LogP contribution in [0.5, 0.6) is 5.75 Å². The summed E-state index contributed by atoms with van der Waals surface area (Å²) in [6.07, 6.45) is -2.88. The molecule has 1 saturated heterocycles. The van der Waals surface area contributed by atoms with Crippen LogP contribution in [-0.4, -0.2) is 41.5 Å². The zero-order valence-corrected chi connectivity index (χ0v) is 14.0. The molecular formula is C17H16F3N3O4. The van der Waals surface area contributed by atoms with E-state index in [0.717, 1.165) is 25.0 Å². The van der Waals surface area contributed by atoms with Crippen LogP contribution in [0.1, 0.15) is 24.8 Å². The second kappa shape index (κ2) is 6.64. The minimum absolute atomic E-state index is 0.0825. The maximum Gasteiger partial charge on any atom is 0.573 e. The molecule has 0 bridgehead atoms. The van der Waals surface area contributed by atoms with Gasteiger partial charge < -0.3 is 20.1 Å². The number of carboxylic acids is 1. The molecule has 1 aliphatic carbocycles. The van der Waals surface area contributed by atoms with Crippen molar-refractivity contribution in [2.24, 2.45) is 11.3 Å². The summed E-state index contributed by atoms with van der Waals surface area (Å²) < 4.78 is 40.8. The molecule has 2 amide bonds. The van der Waals surface area contributed by atoms with Crippen LogP contribution >= 0.6 is 0 Å². The summed E-state index contributed by atoms with van der Waals surface area (Å²) in [5.74, 6) is -1.69. The van der Waals surface area contributed by atoms with Crippen LogP contribution < -0.4 is 10.1 Å². The number of hydrogen-bond acceptors (Lipinski definition) is 4. The van der Waals surface area contributed by atoms with Crippen molar-refractivity contribution in [1.29, 1.82) is 5.26 Å². The van der Waals surface area contributed by atoms with Gasteiger partial charge in [0.2, 0.25) is 0 Å². The number of urea groups is 1. The van der Waals surface area contributed by atoms with Gasteiger partial charge in [-0.15, -0.1) is 13.2 Å². The van der Waals surface area contributed by atoms with Gasteiger partial charge in [0.1, 0.15) is 11.8 Å². The van der Waals surface area contributed by atoms with Gasteiger partial charge in [0, 0.05) is 18.8 Å². The molecule has 7 nitrogen and oxygen atoms in total. The summed E-state index contributed by atoms with van der Waals surface area (Å²) in [7, 11) is 0. The molecule has 2 aliphatic rings. The van der Waals surface area contributed by atoms with Crippen LogP contribution in [-0.2, 0) is 4.79 Å². The third-order valence-electron chi connectivity index (χ3n) is 5.16. The van der Waals surface area contributed by atoms with Crippen molar-refractivity contribution in [3.8, 4) is 11.8 Å². The number of nitrogens with one attached hydrogen (secondary N) is 1.